The van der Waals surface area contributed by atoms with Crippen molar-refractivity contribution in [3.63, 3.8) is 0 Å². The highest BCUT2D eigenvalue weighted by molar-refractivity contribution is 5.62. The van der Waals surface area contributed by atoms with Crippen molar-refractivity contribution in [2.24, 2.45) is 11.8 Å². The topological polar surface area (TPSA) is 70.0 Å². The first-order valence-electron chi connectivity index (χ1n) is 9.85. The molecule has 6 nitrogen and oxygen atoms in total. The Kier molecular flexibility index (Phi) is 4.49. The molecule has 0 amide bonds. The maximum Gasteiger partial charge on any atom is 0.123 e. The van der Waals surface area contributed by atoms with E-state index in [4.69, 9.17) is 0 Å². The van der Waals surface area contributed by atoms with E-state index in [9.17, 15) is 9.50 Å². The monoisotopic (exact) mass is 381 g/mol. The summed E-state index contributed by atoms with van der Waals surface area (Å²) in [7, 11) is 0. The molecule has 2 N–H and O–H groups in total. The number of aliphatic hydroxyl groups excluding tert-OH is 1. The van der Waals surface area contributed by atoms with E-state index in [0.717, 1.165) is 49.3 Å². The van der Waals surface area contributed by atoms with Crippen LogP contribution in [0.2, 0.25) is 0 Å². The van der Waals surface area contributed by atoms with Crippen LogP contribution in [0.25, 0.3) is 11.3 Å². The average Bonchev–Trinajstić information content (AvgIpc) is 3.41. The van der Waals surface area contributed by atoms with Gasteiger partial charge in [0.15, 0.2) is 0 Å². The summed E-state index contributed by atoms with van der Waals surface area (Å²) >= 11 is 0. The number of hydrogen-bond acceptors (Lipinski definition) is 4. The van der Waals surface area contributed by atoms with E-state index >= 15 is 0 Å². The lowest BCUT2D eigenvalue weighted by Crippen LogP contribution is -2.36. The third kappa shape index (κ3) is 3.25. The highest BCUT2D eigenvalue weighted by Crippen LogP contribution is 2.41. The van der Waals surface area contributed by atoms with Crippen molar-refractivity contribution in [3.05, 3.63) is 60.3 Å². The fourth-order valence-electron chi connectivity index (χ4n) is 4.96. The van der Waals surface area contributed by atoms with E-state index in [2.05, 4.69) is 20.2 Å². The van der Waals surface area contributed by atoms with Crippen molar-refractivity contribution in [1.29, 1.82) is 0 Å². The van der Waals surface area contributed by atoms with Gasteiger partial charge in [-0.15, -0.1) is 0 Å². The molecule has 4 atom stereocenters. The predicted molar refractivity (Wildman–Crippen MR) is 103 cm³/mol. The number of H-pyrrole nitrogens is 1. The van der Waals surface area contributed by atoms with Gasteiger partial charge in [0.1, 0.15) is 5.82 Å². The van der Waals surface area contributed by atoms with Gasteiger partial charge in [0.2, 0.25) is 0 Å². The molecule has 1 saturated carbocycles. The number of nitrogens with zero attached hydrogens (tertiary/aromatic N) is 4. The first-order valence-corrected chi connectivity index (χ1v) is 9.85. The van der Waals surface area contributed by atoms with Gasteiger partial charge in [-0.2, -0.15) is 10.2 Å². The van der Waals surface area contributed by atoms with E-state index in [1.165, 1.54) is 12.1 Å². The van der Waals surface area contributed by atoms with Crippen LogP contribution in [-0.2, 0) is 6.54 Å². The maximum atomic E-state index is 13.6. The third-order valence-electron chi connectivity index (χ3n) is 6.27. The van der Waals surface area contributed by atoms with Gasteiger partial charge in [-0.05, 0) is 42.9 Å². The zero-order valence-corrected chi connectivity index (χ0v) is 15.6. The summed E-state index contributed by atoms with van der Waals surface area (Å²) < 4.78 is 15.5. The maximum absolute atomic E-state index is 13.6. The largest absolute Gasteiger partial charge is 0.391 e. The zero-order chi connectivity index (χ0) is 19.1. The van der Waals surface area contributed by atoms with Crippen LogP contribution in [-0.4, -0.2) is 49.2 Å². The van der Waals surface area contributed by atoms with Crippen LogP contribution in [0.5, 0.6) is 0 Å². The summed E-state index contributed by atoms with van der Waals surface area (Å²) in [6, 6.07) is 8.57. The van der Waals surface area contributed by atoms with Gasteiger partial charge in [-0.25, -0.2) is 4.39 Å². The number of aliphatic hydroxyl groups is 1. The van der Waals surface area contributed by atoms with Crippen molar-refractivity contribution in [1.82, 2.24) is 24.9 Å². The van der Waals surface area contributed by atoms with Crippen molar-refractivity contribution in [2.75, 3.05) is 13.1 Å². The van der Waals surface area contributed by atoms with E-state index in [-0.39, 0.29) is 18.0 Å². The van der Waals surface area contributed by atoms with Crippen LogP contribution in [0.15, 0.2) is 48.9 Å². The van der Waals surface area contributed by atoms with Gasteiger partial charge < -0.3 is 5.11 Å². The number of rotatable bonds is 4. The molecule has 3 heterocycles. The van der Waals surface area contributed by atoms with E-state index in [0.29, 0.717) is 11.8 Å². The Labute approximate surface area is 163 Å². The molecular formula is C21H24FN5O. The summed E-state index contributed by atoms with van der Waals surface area (Å²) in [6.07, 6.45) is 6.96. The normalized spacial score (nSPS) is 27.8. The molecule has 2 fully saturated rings. The minimum atomic E-state index is -0.349. The summed E-state index contributed by atoms with van der Waals surface area (Å²) in [5.41, 5.74) is 2.77. The van der Waals surface area contributed by atoms with Gasteiger partial charge in [-0.1, -0.05) is 12.1 Å². The Hall–Kier alpha value is -2.51. The van der Waals surface area contributed by atoms with Crippen LogP contribution < -0.4 is 0 Å². The quantitative estimate of drug-likeness (QED) is 0.729. The number of fused-ring (bicyclic) bond motifs is 1. The van der Waals surface area contributed by atoms with Crippen LogP contribution in [0.4, 0.5) is 4.39 Å². The first kappa shape index (κ1) is 17.6. The fraction of sp³-hybridized carbons (Fsp3) is 0.429. The van der Waals surface area contributed by atoms with Gasteiger partial charge >= 0.3 is 0 Å². The number of likely N-dealkylation sites (tertiary alicyclic amines) is 1. The van der Waals surface area contributed by atoms with Crippen LogP contribution in [0.3, 0.4) is 0 Å². The molecule has 2 aromatic heterocycles. The molecule has 1 aliphatic heterocycles. The van der Waals surface area contributed by atoms with E-state index < -0.39 is 0 Å². The second kappa shape index (κ2) is 7.14. The summed E-state index contributed by atoms with van der Waals surface area (Å²) in [4.78, 5) is 2.43. The highest BCUT2D eigenvalue weighted by Gasteiger charge is 2.42. The molecule has 0 unspecified atom stereocenters. The lowest BCUT2D eigenvalue weighted by atomic mass is 9.77. The first-order chi connectivity index (χ1) is 13.7. The fourth-order valence-corrected chi connectivity index (χ4v) is 4.96. The molecule has 7 heteroatoms. The summed E-state index contributed by atoms with van der Waals surface area (Å²) in [5, 5.41) is 22.2. The molecule has 3 aromatic rings. The Morgan fingerprint density at radius 3 is 2.82 bits per heavy atom. The number of aromatic amines is 1. The van der Waals surface area contributed by atoms with Gasteiger partial charge in [0.05, 0.1) is 24.0 Å². The lowest BCUT2D eigenvalue weighted by Gasteiger charge is -2.35. The van der Waals surface area contributed by atoms with E-state index in [1.807, 2.05) is 29.2 Å². The molecule has 0 bridgehead atoms. The van der Waals surface area contributed by atoms with Crippen molar-refractivity contribution in [3.8, 4) is 11.3 Å². The Morgan fingerprint density at radius 1 is 1.18 bits per heavy atom. The molecule has 0 radical (unpaired) electrons. The molecule has 1 aromatic carbocycles. The standard InChI is InChI=1S/C21H24FN5O/c22-18-4-1-3-14(7-18)21-17(10-23-25-21)13-26-11-15-8-19(27-6-2-5-24-27)20(28)9-16(15)12-26/h1-7,10,15-16,19-20,28H,8-9,11-13H2,(H,23,25)/t15-,16+,19-,20-/m1/s1. The smallest absolute Gasteiger partial charge is 0.123 e. The van der Waals surface area contributed by atoms with Gasteiger partial charge in [-0.3, -0.25) is 14.7 Å². The second-order valence-corrected chi connectivity index (χ2v) is 8.09. The number of halogens is 1. The SMILES string of the molecule is O[C@@H]1C[C@H]2CN(Cc3cn[nH]c3-c3cccc(F)c3)C[C@H]2C[C@H]1n1cccn1. The van der Waals surface area contributed by atoms with Crippen LogP contribution >= 0.6 is 0 Å². The predicted octanol–water partition coefficient (Wildman–Crippen LogP) is 2.86. The number of aromatic nitrogens is 4. The average molecular weight is 381 g/mol. The molecule has 146 valence electrons. The van der Waals surface area contributed by atoms with Gasteiger partial charge in [0.25, 0.3) is 0 Å². The summed E-state index contributed by atoms with van der Waals surface area (Å²) in [5.74, 6) is 0.817. The molecule has 0 spiro atoms. The highest BCUT2D eigenvalue weighted by atomic mass is 19.1. The number of nitrogens with one attached hydrogen (secondary N) is 1. The van der Waals surface area contributed by atoms with Crippen LogP contribution in [0.1, 0.15) is 24.4 Å². The molecule has 1 aliphatic carbocycles. The minimum Gasteiger partial charge on any atom is -0.391 e. The molecule has 28 heavy (non-hydrogen) atoms. The molecular weight excluding hydrogens is 357 g/mol. The zero-order valence-electron chi connectivity index (χ0n) is 15.6. The molecule has 5 rings (SSSR count). The van der Waals surface area contributed by atoms with Crippen molar-refractivity contribution >= 4 is 0 Å². The lowest BCUT2D eigenvalue weighted by molar-refractivity contribution is 0.0306. The Balaban J connectivity index is 1.30. The van der Waals surface area contributed by atoms with Gasteiger partial charge in [0, 0.05) is 43.2 Å². The van der Waals surface area contributed by atoms with Crippen molar-refractivity contribution in [2.45, 2.75) is 31.5 Å². The Morgan fingerprint density at radius 2 is 2.04 bits per heavy atom. The summed E-state index contributed by atoms with van der Waals surface area (Å²) in [6.45, 7) is 2.75. The minimum absolute atomic E-state index is 0.0629. The van der Waals surface area contributed by atoms with Crippen LogP contribution in [0, 0.1) is 17.7 Å². The number of hydrogen-bond donors (Lipinski definition) is 2. The number of benzene rings is 1. The van der Waals surface area contributed by atoms with Crippen molar-refractivity contribution < 1.29 is 9.50 Å². The second-order valence-electron chi connectivity index (χ2n) is 8.09. The molecule has 1 saturated heterocycles. The Bertz CT molecular complexity index is 940. The molecule has 2 aliphatic rings. The third-order valence-corrected chi connectivity index (χ3v) is 6.27. The van der Waals surface area contributed by atoms with E-state index in [1.54, 1.807) is 12.3 Å².